The summed E-state index contributed by atoms with van der Waals surface area (Å²) in [5.74, 6) is 0.191. The number of ether oxygens (including phenoxy) is 1. The standard InChI is InChI=1S/C22H21Cl2F3N4O2/c1-12(2)19(11-32)30-21-29-18(13-4-3-5-15(8-13)33-22(25,26)27)10-20(31-21)28-17-7-6-14(23)9-16(17)24/h3-10,12,19,32H,11H2,1-2H3,(H2,28,29,30,31)/t19-/m1/s1. The molecule has 1 heterocycles. The molecule has 0 spiro atoms. The van der Waals surface area contributed by atoms with Crippen molar-refractivity contribution in [2.45, 2.75) is 26.3 Å². The van der Waals surface area contributed by atoms with Crippen LogP contribution >= 0.6 is 23.2 Å². The zero-order chi connectivity index (χ0) is 24.2. The van der Waals surface area contributed by atoms with E-state index in [0.717, 1.165) is 0 Å². The first kappa shape index (κ1) is 24.9. The highest BCUT2D eigenvalue weighted by Gasteiger charge is 2.31. The summed E-state index contributed by atoms with van der Waals surface area (Å²) in [5.41, 5.74) is 1.22. The van der Waals surface area contributed by atoms with Gasteiger partial charge in [-0.1, -0.05) is 49.2 Å². The quantitative estimate of drug-likeness (QED) is 0.326. The van der Waals surface area contributed by atoms with Gasteiger partial charge < -0.3 is 20.5 Å². The molecule has 0 aliphatic heterocycles. The van der Waals surface area contributed by atoms with Crippen molar-refractivity contribution in [2.24, 2.45) is 5.92 Å². The van der Waals surface area contributed by atoms with Gasteiger partial charge in [-0.15, -0.1) is 13.2 Å². The van der Waals surface area contributed by atoms with Gasteiger partial charge in [0.05, 0.1) is 29.1 Å². The van der Waals surface area contributed by atoms with Crippen molar-refractivity contribution in [2.75, 3.05) is 17.2 Å². The summed E-state index contributed by atoms with van der Waals surface area (Å²) in [7, 11) is 0. The molecule has 0 saturated heterocycles. The normalized spacial score (nSPS) is 12.5. The molecule has 0 unspecified atom stereocenters. The van der Waals surface area contributed by atoms with Crippen LogP contribution in [0, 0.1) is 5.92 Å². The number of aliphatic hydroxyl groups excluding tert-OH is 1. The Bertz CT molecular complexity index is 1110. The van der Waals surface area contributed by atoms with Crippen LogP contribution in [0.5, 0.6) is 5.75 Å². The molecule has 3 aromatic rings. The van der Waals surface area contributed by atoms with E-state index in [1.54, 1.807) is 30.3 Å². The van der Waals surface area contributed by atoms with Crippen LogP contribution in [0.25, 0.3) is 11.3 Å². The fraction of sp³-hybridized carbons (Fsp3) is 0.273. The Hall–Kier alpha value is -2.75. The molecular weight excluding hydrogens is 480 g/mol. The van der Waals surface area contributed by atoms with Crippen LogP contribution in [0.2, 0.25) is 10.0 Å². The van der Waals surface area contributed by atoms with Crippen LogP contribution in [-0.2, 0) is 0 Å². The van der Waals surface area contributed by atoms with E-state index in [0.29, 0.717) is 32.8 Å². The second-order valence-corrected chi connectivity index (χ2v) is 8.31. The van der Waals surface area contributed by atoms with Gasteiger partial charge in [0.25, 0.3) is 0 Å². The van der Waals surface area contributed by atoms with Gasteiger partial charge in [0.2, 0.25) is 5.95 Å². The molecule has 0 amide bonds. The third-order valence-corrected chi connectivity index (χ3v) is 5.15. The average molecular weight is 501 g/mol. The van der Waals surface area contributed by atoms with Crippen LogP contribution in [0.15, 0.2) is 48.5 Å². The van der Waals surface area contributed by atoms with Crippen LogP contribution in [0.3, 0.4) is 0 Å². The minimum absolute atomic E-state index is 0.0629. The fourth-order valence-electron chi connectivity index (χ4n) is 2.89. The van der Waals surface area contributed by atoms with Crippen LogP contribution in [-0.4, -0.2) is 34.1 Å². The summed E-state index contributed by atoms with van der Waals surface area (Å²) in [5, 5.41) is 16.6. The van der Waals surface area contributed by atoms with Gasteiger partial charge in [-0.3, -0.25) is 0 Å². The number of hydrogen-bond donors (Lipinski definition) is 3. The molecule has 0 aliphatic carbocycles. The lowest BCUT2D eigenvalue weighted by Gasteiger charge is -2.21. The van der Waals surface area contributed by atoms with Crippen molar-refractivity contribution >= 4 is 40.7 Å². The number of nitrogens with zero attached hydrogens (tertiary/aromatic N) is 2. The first-order valence-corrected chi connectivity index (χ1v) is 10.6. The molecule has 6 nitrogen and oxygen atoms in total. The lowest BCUT2D eigenvalue weighted by Crippen LogP contribution is -2.30. The monoisotopic (exact) mass is 500 g/mol. The zero-order valence-electron chi connectivity index (χ0n) is 17.6. The maximum absolute atomic E-state index is 12.7. The molecular formula is C22H21Cl2F3N4O2. The van der Waals surface area contributed by atoms with E-state index in [-0.39, 0.29) is 30.3 Å². The molecule has 3 rings (SSSR count). The number of alkyl halides is 3. The Morgan fingerprint density at radius 1 is 1.06 bits per heavy atom. The van der Waals surface area contributed by atoms with Gasteiger partial charge >= 0.3 is 6.36 Å². The maximum Gasteiger partial charge on any atom is 0.573 e. The number of rotatable bonds is 8. The third kappa shape index (κ3) is 7.12. The molecule has 0 fully saturated rings. The van der Waals surface area contributed by atoms with Gasteiger partial charge in [-0.25, -0.2) is 4.98 Å². The number of halogens is 5. The highest BCUT2D eigenvalue weighted by atomic mass is 35.5. The predicted molar refractivity (Wildman–Crippen MR) is 123 cm³/mol. The zero-order valence-corrected chi connectivity index (χ0v) is 19.1. The Morgan fingerprint density at radius 3 is 2.45 bits per heavy atom. The molecule has 33 heavy (non-hydrogen) atoms. The summed E-state index contributed by atoms with van der Waals surface area (Å²) >= 11 is 12.2. The van der Waals surface area contributed by atoms with Gasteiger partial charge in [0.15, 0.2) is 0 Å². The van der Waals surface area contributed by atoms with Crippen LogP contribution in [0.1, 0.15) is 13.8 Å². The first-order chi connectivity index (χ1) is 15.5. The van der Waals surface area contributed by atoms with E-state index < -0.39 is 6.36 Å². The number of benzene rings is 2. The highest BCUT2D eigenvalue weighted by molar-refractivity contribution is 6.36. The minimum Gasteiger partial charge on any atom is -0.406 e. The van der Waals surface area contributed by atoms with Crippen molar-refractivity contribution in [3.05, 3.63) is 58.6 Å². The molecule has 0 bridgehead atoms. The number of anilines is 3. The first-order valence-electron chi connectivity index (χ1n) is 9.89. The predicted octanol–water partition coefficient (Wildman–Crippen LogP) is 6.52. The molecule has 3 N–H and O–H groups in total. The van der Waals surface area contributed by atoms with Crippen molar-refractivity contribution in [3.63, 3.8) is 0 Å². The lowest BCUT2D eigenvalue weighted by molar-refractivity contribution is -0.274. The molecule has 176 valence electrons. The van der Waals surface area contributed by atoms with Crippen LogP contribution < -0.4 is 15.4 Å². The summed E-state index contributed by atoms with van der Waals surface area (Å²) in [6, 6.07) is 11.6. The maximum atomic E-state index is 12.7. The van der Waals surface area contributed by atoms with E-state index in [4.69, 9.17) is 23.2 Å². The molecule has 11 heteroatoms. The van der Waals surface area contributed by atoms with Crippen molar-refractivity contribution in [1.82, 2.24) is 9.97 Å². The summed E-state index contributed by atoms with van der Waals surface area (Å²) in [6.45, 7) is 3.68. The Labute approximate surface area is 198 Å². The number of aromatic nitrogens is 2. The topological polar surface area (TPSA) is 79.3 Å². The van der Waals surface area contributed by atoms with Gasteiger partial charge in [-0.05, 0) is 36.2 Å². The lowest BCUT2D eigenvalue weighted by atomic mass is 10.1. The Balaban J connectivity index is 2.02. The van der Waals surface area contributed by atoms with Crippen molar-refractivity contribution in [3.8, 4) is 17.0 Å². The SMILES string of the molecule is CC(C)[C@@H](CO)Nc1nc(Nc2ccc(Cl)cc2Cl)cc(-c2cccc(OC(F)(F)F)c2)n1. The minimum atomic E-state index is -4.82. The van der Waals surface area contributed by atoms with Gasteiger partial charge in [-0.2, -0.15) is 4.98 Å². The number of aliphatic hydroxyl groups is 1. The summed E-state index contributed by atoms with van der Waals surface area (Å²) < 4.78 is 42.0. The molecule has 0 radical (unpaired) electrons. The third-order valence-electron chi connectivity index (χ3n) is 4.60. The van der Waals surface area contributed by atoms with Gasteiger partial charge in [0.1, 0.15) is 11.6 Å². The molecule has 2 aromatic carbocycles. The molecule has 0 saturated carbocycles. The van der Waals surface area contributed by atoms with E-state index in [1.165, 1.54) is 18.2 Å². The van der Waals surface area contributed by atoms with E-state index in [1.807, 2.05) is 13.8 Å². The summed E-state index contributed by atoms with van der Waals surface area (Å²) in [4.78, 5) is 8.85. The highest BCUT2D eigenvalue weighted by Crippen LogP contribution is 2.31. The number of hydrogen-bond acceptors (Lipinski definition) is 6. The largest absolute Gasteiger partial charge is 0.573 e. The second-order valence-electron chi connectivity index (χ2n) is 7.46. The molecule has 1 atom stereocenters. The Kier molecular flexibility index (Phi) is 7.88. The number of nitrogens with one attached hydrogen (secondary N) is 2. The smallest absolute Gasteiger partial charge is 0.406 e. The Morgan fingerprint density at radius 2 is 1.82 bits per heavy atom. The van der Waals surface area contributed by atoms with E-state index in [2.05, 4.69) is 25.3 Å². The average Bonchev–Trinajstić information content (AvgIpc) is 2.72. The van der Waals surface area contributed by atoms with Crippen molar-refractivity contribution < 1.29 is 23.0 Å². The summed E-state index contributed by atoms with van der Waals surface area (Å²) in [6.07, 6.45) is -4.82. The fourth-order valence-corrected chi connectivity index (χ4v) is 3.35. The van der Waals surface area contributed by atoms with E-state index >= 15 is 0 Å². The van der Waals surface area contributed by atoms with Gasteiger partial charge in [0, 0.05) is 16.7 Å². The molecule has 1 aromatic heterocycles. The second kappa shape index (κ2) is 10.5. The molecule has 0 aliphatic rings. The van der Waals surface area contributed by atoms with E-state index in [9.17, 15) is 18.3 Å². The van der Waals surface area contributed by atoms with Crippen LogP contribution in [0.4, 0.5) is 30.6 Å². The van der Waals surface area contributed by atoms with Crippen molar-refractivity contribution in [1.29, 1.82) is 0 Å².